The lowest BCUT2D eigenvalue weighted by Crippen LogP contribution is -1.97. The Labute approximate surface area is 107 Å². The summed E-state index contributed by atoms with van der Waals surface area (Å²) in [6.45, 7) is 4.52. The summed E-state index contributed by atoms with van der Waals surface area (Å²) in [6.07, 6.45) is 1.77. The number of rotatable bonds is 5. The highest BCUT2D eigenvalue weighted by molar-refractivity contribution is 5.72. The third-order valence-electron chi connectivity index (χ3n) is 2.81. The fourth-order valence-electron chi connectivity index (χ4n) is 1.96. The van der Waals surface area contributed by atoms with Crippen molar-refractivity contribution in [2.75, 3.05) is 0 Å². The number of hydrogen-bond donors (Lipinski definition) is 0. The van der Waals surface area contributed by atoms with Gasteiger partial charge >= 0.3 is 0 Å². The van der Waals surface area contributed by atoms with E-state index >= 15 is 0 Å². The van der Waals surface area contributed by atoms with Gasteiger partial charge in [-0.2, -0.15) is 0 Å². The topological polar surface area (TPSA) is 26.3 Å². The van der Waals surface area contributed by atoms with Crippen molar-refractivity contribution in [3.8, 4) is 11.1 Å². The maximum Gasteiger partial charge on any atom is 0.293 e. The zero-order chi connectivity index (χ0) is 12.8. The molecule has 0 unspecified atom stereocenters. The molecule has 0 amide bonds. The second-order valence-electron chi connectivity index (χ2n) is 3.85. The second-order valence-corrected chi connectivity index (χ2v) is 3.85. The van der Waals surface area contributed by atoms with E-state index in [0.29, 0.717) is 6.47 Å². The minimum Gasteiger partial charge on any atom is -0.463 e. The van der Waals surface area contributed by atoms with Gasteiger partial charge in [0, 0.05) is 5.56 Å². The lowest BCUT2D eigenvalue weighted by molar-refractivity contribution is -0.129. The van der Waals surface area contributed by atoms with E-state index in [9.17, 15) is 4.79 Å². The van der Waals surface area contributed by atoms with Crippen molar-refractivity contribution in [2.24, 2.45) is 0 Å². The normalized spacial score (nSPS) is 9.78. The SMILES string of the molecule is C=Cc1cccc(-c2ccccc2)c1COC=O. The van der Waals surface area contributed by atoms with Gasteiger partial charge in [-0.15, -0.1) is 0 Å². The number of hydrogen-bond acceptors (Lipinski definition) is 2. The molecule has 2 heteroatoms. The summed E-state index contributed by atoms with van der Waals surface area (Å²) >= 11 is 0. The van der Waals surface area contributed by atoms with Crippen molar-refractivity contribution >= 4 is 12.5 Å². The molecule has 0 N–H and O–H groups in total. The maximum atomic E-state index is 10.4. The van der Waals surface area contributed by atoms with Crippen molar-refractivity contribution in [3.63, 3.8) is 0 Å². The third kappa shape index (κ3) is 2.48. The van der Waals surface area contributed by atoms with E-state index in [1.807, 2.05) is 48.5 Å². The first kappa shape index (κ1) is 12.1. The molecular weight excluding hydrogens is 224 g/mol. The number of benzene rings is 2. The molecule has 2 rings (SSSR count). The van der Waals surface area contributed by atoms with Crippen molar-refractivity contribution in [2.45, 2.75) is 6.61 Å². The Morgan fingerprint density at radius 2 is 1.83 bits per heavy atom. The van der Waals surface area contributed by atoms with Gasteiger partial charge in [0.2, 0.25) is 0 Å². The third-order valence-corrected chi connectivity index (χ3v) is 2.81. The Balaban J connectivity index is 2.52. The van der Waals surface area contributed by atoms with Gasteiger partial charge in [0.25, 0.3) is 6.47 Å². The van der Waals surface area contributed by atoms with Crippen LogP contribution in [0.4, 0.5) is 0 Å². The number of ether oxygens (including phenoxy) is 1. The van der Waals surface area contributed by atoms with Crippen LogP contribution in [-0.4, -0.2) is 6.47 Å². The van der Waals surface area contributed by atoms with Crippen LogP contribution in [0.1, 0.15) is 11.1 Å². The first-order chi connectivity index (χ1) is 8.86. The second kappa shape index (κ2) is 5.82. The highest BCUT2D eigenvalue weighted by Crippen LogP contribution is 2.27. The summed E-state index contributed by atoms with van der Waals surface area (Å²) in [4.78, 5) is 10.4. The fourth-order valence-corrected chi connectivity index (χ4v) is 1.96. The summed E-state index contributed by atoms with van der Waals surface area (Å²) in [5, 5.41) is 0. The van der Waals surface area contributed by atoms with Crippen LogP contribution in [0.2, 0.25) is 0 Å². The molecule has 0 aliphatic heterocycles. The van der Waals surface area contributed by atoms with Crippen molar-refractivity contribution in [3.05, 3.63) is 66.2 Å². The molecule has 0 radical (unpaired) electrons. The number of carbonyl (C=O) groups excluding carboxylic acids is 1. The van der Waals surface area contributed by atoms with Gasteiger partial charge in [-0.05, 0) is 16.7 Å². The van der Waals surface area contributed by atoms with Crippen LogP contribution in [0.5, 0.6) is 0 Å². The van der Waals surface area contributed by atoms with E-state index in [1.54, 1.807) is 6.08 Å². The molecule has 0 saturated carbocycles. The molecule has 2 nitrogen and oxygen atoms in total. The molecule has 0 saturated heterocycles. The van der Waals surface area contributed by atoms with Gasteiger partial charge in [0.15, 0.2) is 0 Å². The van der Waals surface area contributed by atoms with Gasteiger partial charge < -0.3 is 4.74 Å². The van der Waals surface area contributed by atoms with Gasteiger partial charge in [0.05, 0.1) is 0 Å². The summed E-state index contributed by atoms with van der Waals surface area (Å²) in [6, 6.07) is 16.0. The van der Waals surface area contributed by atoms with E-state index in [1.165, 1.54) is 0 Å². The molecule has 0 atom stereocenters. The first-order valence-corrected chi connectivity index (χ1v) is 5.72. The average Bonchev–Trinajstić information content (AvgIpc) is 2.45. The molecule has 90 valence electrons. The Hall–Kier alpha value is -2.35. The molecule has 2 aromatic rings. The molecule has 0 aliphatic carbocycles. The van der Waals surface area contributed by atoms with Gasteiger partial charge in [0.1, 0.15) is 6.61 Å². The van der Waals surface area contributed by atoms with E-state index in [0.717, 1.165) is 22.3 Å². The highest BCUT2D eigenvalue weighted by Gasteiger charge is 2.08. The Morgan fingerprint density at radius 3 is 2.50 bits per heavy atom. The largest absolute Gasteiger partial charge is 0.463 e. The van der Waals surface area contributed by atoms with Crippen LogP contribution in [0.25, 0.3) is 17.2 Å². The standard InChI is InChI=1S/C16H14O2/c1-2-13-9-6-10-15(16(13)11-18-12-17)14-7-4-3-5-8-14/h2-10,12H,1,11H2. The van der Waals surface area contributed by atoms with Gasteiger partial charge in [-0.3, -0.25) is 4.79 Å². The Bertz CT molecular complexity index is 544. The lowest BCUT2D eigenvalue weighted by atomic mass is 9.96. The smallest absolute Gasteiger partial charge is 0.293 e. The van der Waals surface area contributed by atoms with Gasteiger partial charge in [-0.1, -0.05) is 61.2 Å². The molecular formula is C16H14O2. The van der Waals surface area contributed by atoms with Crippen LogP contribution in [0, 0.1) is 0 Å². The Kier molecular flexibility index (Phi) is 3.92. The van der Waals surface area contributed by atoms with Crippen LogP contribution in [0.3, 0.4) is 0 Å². The molecule has 0 aromatic heterocycles. The summed E-state index contributed by atoms with van der Waals surface area (Å²) < 4.78 is 4.90. The summed E-state index contributed by atoms with van der Waals surface area (Å²) in [5.74, 6) is 0. The maximum absolute atomic E-state index is 10.4. The van der Waals surface area contributed by atoms with Crippen LogP contribution in [-0.2, 0) is 16.1 Å². The molecule has 18 heavy (non-hydrogen) atoms. The first-order valence-electron chi connectivity index (χ1n) is 5.72. The minimum atomic E-state index is 0.260. The molecule has 2 aromatic carbocycles. The van der Waals surface area contributed by atoms with Crippen molar-refractivity contribution in [1.29, 1.82) is 0 Å². The van der Waals surface area contributed by atoms with Crippen molar-refractivity contribution < 1.29 is 9.53 Å². The molecule has 0 bridgehead atoms. The van der Waals surface area contributed by atoms with Crippen LogP contribution in [0.15, 0.2) is 55.1 Å². The lowest BCUT2D eigenvalue weighted by Gasteiger charge is -2.12. The van der Waals surface area contributed by atoms with Gasteiger partial charge in [-0.25, -0.2) is 0 Å². The quantitative estimate of drug-likeness (QED) is 0.743. The zero-order valence-electron chi connectivity index (χ0n) is 10.0. The average molecular weight is 238 g/mol. The molecule has 0 aliphatic rings. The predicted molar refractivity (Wildman–Crippen MR) is 72.8 cm³/mol. The van der Waals surface area contributed by atoms with E-state index in [2.05, 4.69) is 6.58 Å². The highest BCUT2D eigenvalue weighted by atomic mass is 16.5. The summed E-state index contributed by atoms with van der Waals surface area (Å²) in [7, 11) is 0. The van der Waals surface area contributed by atoms with E-state index < -0.39 is 0 Å². The van der Waals surface area contributed by atoms with Crippen LogP contribution < -0.4 is 0 Å². The van der Waals surface area contributed by atoms with E-state index in [-0.39, 0.29) is 6.61 Å². The molecule has 0 fully saturated rings. The van der Waals surface area contributed by atoms with Crippen LogP contribution >= 0.6 is 0 Å². The van der Waals surface area contributed by atoms with E-state index in [4.69, 9.17) is 4.74 Å². The Morgan fingerprint density at radius 1 is 1.06 bits per heavy atom. The molecule has 0 heterocycles. The fraction of sp³-hybridized carbons (Fsp3) is 0.0625. The molecule has 0 spiro atoms. The predicted octanol–water partition coefficient (Wildman–Crippen LogP) is 3.67. The zero-order valence-corrected chi connectivity index (χ0v) is 10.0. The monoisotopic (exact) mass is 238 g/mol. The summed E-state index contributed by atoms with van der Waals surface area (Å²) in [5.41, 5.74) is 4.13. The minimum absolute atomic E-state index is 0.260. The van der Waals surface area contributed by atoms with Crippen molar-refractivity contribution in [1.82, 2.24) is 0 Å². The number of carbonyl (C=O) groups is 1.